The summed E-state index contributed by atoms with van der Waals surface area (Å²) >= 11 is 1.65. The Hall–Kier alpha value is -2.41. The van der Waals surface area contributed by atoms with Gasteiger partial charge in [0.2, 0.25) is 0 Å². The fraction of sp³-hybridized carbons (Fsp3) is 0.312. The minimum absolute atomic E-state index is 0.279. The molecular weight excluding hydrogens is 312 g/mol. The van der Waals surface area contributed by atoms with Crippen LogP contribution < -0.4 is 16.1 Å². The molecule has 0 bridgehead atoms. The Bertz CT molecular complexity index is 1030. The number of hydrogen-bond donors (Lipinski definition) is 2. The molecule has 6 nitrogen and oxygen atoms in total. The van der Waals surface area contributed by atoms with Crippen molar-refractivity contribution in [3.05, 3.63) is 55.4 Å². The Labute approximate surface area is 135 Å². The van der Waals surface area contributed by atoms with Gasteiger partial charge in [-0.25, -0.2) is 9.78 Å². The third-order valence-corrected chi connectivity index (χ3v) is 5.54. The lowest BCUT2D eigenvalue weighted by Crippen LogP contribution is -2.38. The number of anilines is 1. The summed E-state index contributed by atoms with van der Waals surface area (Å²) in [5.74, 6) is 0. The number of aromatic amines is 2. The predicted octanol–water partition coefficient (Wildman–Crippen LogP) is 1.85. The lowest BCUT2D eigenvalue weighted by atomic mass is 10.1. The van der Waals surface area contributed by atoms with Gasteiger partial charge in [0, 0.05) is 17.8 Å². The van der Waals surface area contributed by atoms with Crippen molar-refractivity contribution in [2.45, 2.75) is 26.8 Å². The molecule has 23 heavy (non-hydrogen) atoms. The maximum Gasteiger partial charge on any atom is 0.325 e. The highest BCUT2D eigenvalue weighted by Gasteiger charge is 2.22. The van der Waals surface area contributed by atoms with E-state index in [1.54, 1.807) is 11.3 Å². The van der Waals surface area contributed by atoms with Crippen LogP contribution in [0.4, 0.5) is 5.13 Å². The summed E-state index contributed by atoms with van der Waals surface area (Å²) in [6.07, 6.45) is 0.607. The summed E-state index contributed by atoms with van der Waals surface area (Å²) in [7, 11) is 0. The predicted molar refractivity (Wildman–Crippen MR) is 91.5 cm³/mol. The number of thiazole rings is 1. The largest absolute Gasteiger partial charge is 0.342 e. The molecule has 0 spiro atoms. The third kappa shape index (κ3) is 2.28. The molecule has 0 saturated heterocycles. The Balaban J connectivity index is 1.76. The van der Waals surface area contributed by atoms with Gasteiger partial charge < -0.3 is 9.88 Å². The van der Waals surface area contributed by atoms with Gasteiger partial charge >= 0.3 is 5.69 Å². The standard InChI is InChI=1S/C16H16N4O2S/c1-8-3-4-12-13(9(8)2)18-16(23-12)20-6-5-10-11(7-20)17-15(22)19-14(10)21/h3-4H,5-7H2,1-2H3,(H2,17,19,21,22). The third-order valence-electron chi connectivity index (χ3n) is 4.45. The molecule has 0 aliphatic carbocycles. The number of nitrogens with zero attached hydrogens (tertiary/aromatic N) is 2. The van der Waals surface area contributed by atoms with Crippen molar-refractivity contribution < 1.29 is 0 Å². The van der Waals surface area contributed by atoms with Crippen LogP contribution in [0.5, 0.6) is 0 Å². The smallest absolute Gasteiger partial charge is 0.325 e. The van der Waals surface area contributed by atoms with Crippen molar-refractivity contribution in [2.24, 2.45) is 0 Å². The monoisotopic (exact) mass is 328 g/mol. The minimum atomic E-state index is -0.452. The van der Waals surface area contributed by atoms with Crippen molar-refractivity contribution in [3.63, 3.8) is 0 Å². The van der Waals surface area contributed by atoms with Crippen LogP contribution in [0, 0.1) is 13.8 Å². The zero-order chi connectivity index (χ0) is 16.1. The molecule has 1 aliphatic heterocycles. The van der Waals surface area contributed by atoms with E-state index in [0.717, 1.165) is 21.9 Å². The van der Waals surface area contributed by atoms with Crippen LogP contribution in [-0.4, -0.2) is 21.5 Å². The molecule has 0 amide bonds. The number of H-pyrrole nitrogens is 2. The van der Waals surface area contributed by atoms with E-state index in [2.05, 4.69) is 40.8 Å². The Morgan fingerprint density at radius 1 is 1.22 bits per heavy atom. The summed E-state index contributed by atoms with van der Waals surface area (Å²) < 4.78 is 1.16. The molecule has 0 unspecified atom stereocenters. The summed E-state index contributed by atoms with van der Waals surface area (Å²) in [5.41, 5.74) is 4.10. The molecule has 2 aromatic heterocycles. The lowest BCUT2D eigenvalue weighted by Gasteiger charge is -2.27. The number of hydrogen-bond acceptors (Lipinski definition) is 5. The maximum atomic E-state index is 11.8. The van der Waals surface area contributed by atoms with E-state index in [0.29, 0.717) is 24.2 Å². The second kappa shape index (κ2) is 5.06. The summed E-state index contributed by atoms with van der Waals surface area (Å²) in [6.45, 7) is 5.40. The first-order valence-corrected chi connectivity index (χ1v) is 8.30. The SMILES string of the molecule is Cc1ccc2sc(N3CCc4c([nH]c(=O)[nH]c4=O)C3)nc2c1C. The number of nitrogens with one attached hydrogen (secondary N) is 2. The fourth-order valence-corrected chi connectivity index (χ4v) is 4.04. The molecule has 1 aliphatic rings. The van der Waals surface area contributed by atoms with Crippen LogP contribution in [0.25, 0.3) is 10.2 Å². The van der Waals surface area contributed by atoms with Crippen LogP contribution in [0.2, 0.25) is 0 Å². The molecule has 1 aromatic carbocycles. The van der Waals surface area contributed by atoms with E-state index in [1.807, 2.05) is 0 Å². The van der Waals surface area contributed by atoms with E-state index in [-0.39, 0.29) is 5.56 Å². The molecule has 0 saturated carbocycles. The highest BCUT2D eigenvalue weighted by Crippen LogP contribution is 2.33. The van der Waals surface area contributed by atoms with Gasteiger partial charge in [0.1, 0.15) is 0 Å². The summed E-state index contributed by atoms with van der Waals surface area (Å²) in [4.78, 5) is 35.3. The van der Waals surface area contributed by atoms with Crippen molar-refractivity contribution in [1.82, 2.24) is 15.0 Å². The van der Waals surface area contributed by atoms with E-state index >= 15 is 0 Å². The van der Waals surface area contributed by atoms with Gasteiger partial charge in [0.15, 0.2) is 5.13 Å². The van der Waals surface area contributed by atoms with E-state index in [4.69, 9.17) is 4.98 Å². The topological polar surface area (TPSA) is 81.9 Å². The quantitative estimate of drug-likeness (QED) is 0.714. The van der Waals surface area contributed by atoms with Crippen LogP contribution in [0.15, 0.2) is 21.7 Å². The Morgan fingerprint density at radius 3 is 2.87 bits per heavy atom. The average Bonchev–Trinajstić information content (AvgIpc) is 2.95. The minimum Gasteiger partial charge on any atom is -0.342 e. The number of aromatic nitrogens is 3. The summed E-state index contributed by atoms with van der Waals surface area (Å²) in [6, 6.07) is 4.21. The second-order valence-corrected chi connectivity index (χ2v) is 6.90. The molecule has 4 rings (SSSR count). The average molecular weight is 328 g/mol. The number of benzene rings is 1. The first-order valence-electron chi connectivity index (χ1n) is 7.49. The fourth-order valence-electron chi connectivity index (χ4n) is 2.99. The zero-order valence-corrected chi connectivity index (χ0v) is 13.7. The zero-order valence-electron chi connectivity index (χ0n) is 12.9. The number of rotatable bonds is 1. The number of aryl methyl sites for hydroxylation is 2. The van der Waals surface area contributed by atoms with Crippen LogP contribution in [-0.2, 0) is 13.0 Å². The van der Waals surface area contributed by atoms with Crippen molar-refractivity contribution in [2.75, 3.05) is 11.4 Å². The van der Waals surface area contributed by atoms with Gasteiger partial charge in [-0.15, -0.1) is 0 Å². The van der Waals surface area contributed by atoms with Gasteiger partial charge in [-0.1, -0.05) is 17.4 Å². The highest BCUT2D eigenvalue weighted by atomic mass is 32.1. The van der Waals surface area contributed by atoms with Crippen LogP contribution >= 0.6 is 11.3 Å². The first kappa shape index (κ1) is 14.2. The van der Waals surface area contributed by atoms with E-state index in [1.165, 1.54) is 11.1 Å². The van der Waals surface area contributed by atoms with Crippen molar-refractivity contribution in [1.29, 1.82) is 0 Å². The second-order valence-electron chi connectivity index (χ2n) is 5.89. The molecule has 118 valence electrons. The van der Waals surface area contributed by atoms with Gasteiger partial charge in [0.25, 0.3) is 5.56 Å². The molecule has 7 heteroatoms. The van der Waals surface area contributed by atoms with Gasteiger partial charge in [0.05, 0.1) is 16.8 Å². The molecule has 3 heterocycles. The summed E-state index contributed by atoms with van der Waals surface area (Å²) in [5, 5.41) is 0.931. The van der Waals surface area contributed by atoms with E-state index < -0.39 is 5.69 Å². The first-order chi connectivity index (χ1) is 11.0. The lowest BCUT2D eigenvalue weighted by molar-refractivity contribution is 0.688. The maximum absolute atomic E-state index is 11.8. The molecule has 0 radical (unpaired) electrons. The van der Waals surface area contributed by atoms with E-state index in [9.17, 15) is 9.59 Å². The molecule has 3 aromatic rings. The van der Waals surface area contributed by atoms with Gasteiger partial charge in [-0.3, -0.25) is 9.78 Å². The molecule has 2 N–H and O–H groups in total. The highest BCUT2D eigenvalue weighted by molar-refractivity contribution is 7.22. The molecule has 0 atom stereocenters. The van der Waals surface area contributed by atoms with Crippen LogP contribution in [0.3, 0.4) is 0 Å². The van der Waals surface area contributed by atoms with Gasteiger partial charge in [-0.05, 0) is 37.5 Å². The molecular formula is C16H16N4O2S. The molecule has 0 fully saturated rings. The van der Waals surface area contributed by atoms with Gasteiger partial charge in [-0.2, -0.15) is 0 Å². The van der Waals surface area contributed by atoms with Crippen molar-refractivity contribution in [3.8, 4) is 0 Å². The Kier molecular flexibility index (Phi) is 3.12. The number of fused-ring (bicyclic) bond motifs is 2. The normalized spacial score (nSPS) is 14.3. The van der Waals surface area contributed by atoms with Crippen LogP contribution in [0.1, 0.15) is 22.4 Å². The van der Waals surface area contributed by atoms with Crippen molar-refractivity contribution >= 4 is 26.7 Å². The Morgan fingerprint density at radius 2 is 2.04 bits per heavy atom.